The van der Waals surface area contributed by atoms with E-state index in [0.717, 1.165) is 5.56 Å². The molecule has 28 heavy (non-hydrogen) atoms. The van der Waals surface area contributed by atoms with Gasteiger partial charge in [-0.25, -0.2) is 8.42 Å². The number of nitrogens with zero attached hydrogens (tertiary/aromatic N) is 4. The summed E-state index contributed by atoms with van der Waals surface area (Å²) in [6.07, 6.45) is 1.50. The van der Waals surface area contributed by atoms with Crippen molar-refractivity contribution in [1.29, 1.82) is 0 Å². The van der Waals surface area contributed by atoms with Crippen LogP contribution < -0.4 is 4.72 Å². The number of aryl methyl sites for hydroxylation is 1. The van der Waals surface area contributed by atoms with Gasteiger partial charge in [0, 0.05) is 16.3 Å². The number of benzene rings is 2. The van der Waals surface area contributed by atoms with Crippen LogP contribution in [0.2, 0.25) is 10.0 Å². The lowest BCUT2D eigenvalue weighted by atomic mass is 10.1. The standard InChI is InChI=1S/C18H13Cl2N5O2S/c1-11-7-17(15(20)9-14(11)19)28(26,27)24-13-4-2-3-12(8-13)16-5-6-18-22-21-10-25(18)23-16/h2-10,24H,1H3. The van der Waals surface area contributed by atoms with Gasteiger partial charge in [0.1, 0.15) is 11.2 Å². The predicted molar refractivity (Wildman–Crippen MR) is 108 cm³/mol. The van der Waals surface area contributed by atoms with Crippen LogP contribution >= 0.6 is 23.2 Å². The number of nitrogens with one attached hydrogen (secondary N) is 1. The Kier molecular flexibility index (Phi) is 4.70. The summed E-state index contributed by atoms with van der Waals surface area (Å²) in [6, 6.07) is 13.3. The van der Waals surface area contributed by atoms with E-state index in [9.17, 15) is 8.42 Å². The minimum Gasteiger partial charge on any atom is -0.280 e. The van der Waals surface area contributed by atoms with Gasteiger partial charge in [-0.1, -0.05) is 35.3 Å². The van der Waals surface area contributed by atoms with Crippen molar-refractivity contribution in [3.63, 3.8) is 0 Å². The van der Waals surface area contributed by atoms with E-state index in [1.807, 2.05) is 6.07 Å². The maximum absolute atomic E-state index is 12.8. The molecule has 142 valence electrons. The summed E-state index contributed by atoms with van der Waals surface area (Å²) in [5.41, 5.74) is 3.00. The van der Waals surface area contributed by atoms with Crippen molar-refractivity contribution < 1.29 is 8.42 Å². The minimum atomic E-state index is -3.89. The molecule has 0 aliphatic carbocycles. The van der Waals surface area contributed by atoms with Crippen molar-refractivity contribution >= 4 is 44.6 Å². The highest BCUT2D eigenvalue weighted by atomic mass is 35.5. The topological polar surface area (TPSA) is 89.2 Å². The molecule has 0 aliphatic heterocycles. The first-order valence-electron chi connectivity index (χ1n) is 8.09. The number of hydrogen-bond acceptors (Lipinski definition) is 5. The summed E-state index contributed by atoms with van der Waals surface area (Å²) in [6.45, 7) is 1.71. The Balaban J connectivity index is 1.69. The molecule has 0 saturated carbocycles. The number of rotatable bonds is 4. The molecule has 0 bridgehead atoms. The third kappa shape index (κ3) is 3.54. The Hall–Kier alpha value is -2.68. The van der Waals surface area contributed by atoms with Crippen LogP contribution in [-0.2, 0) is 10.0 Å². The molecule has 2 heterocycles. The average Bonchev–Trinajstić information content (AvgIpc) is 3.12. The number of fused-ring (bicyclic) bond motifs is 1. The van der Waals surface area contributed by atoms with Crippen LogP contribution in [0.1, 0.15) is 5.56 Å². The Morgan fingerprint density at radius 2 is 1.86 bits per heavy atom. The second-order valence-corrected chi connectivity index (χ2v) is 8.54. The van der Waals surface area contributed by atoms with Gasteiger partial charge in [0.25, 0.3) is 10.0 Å². The molecular formula is C18H13Cl2N5O2S. The molecule has 2 aromatic carbocycles. The molecule has 0 spiro atoms. The van der Waals surface area contributed by atoms with Crippen molar-refractivity contribution in [2.75, 3.05) is 4.72 Å². The molecule has 2 aromatic heterocycles. The number of aromatic nitrogens is 4. The summed E-state index contributed by atoms with van der Waals surface area (Å²) >= 11 is 12.1. The van der Waals surface area contributed by atoms with Gasteiger partial charge in [-0.05, 0) is 48.9 Å². The maximum Gasteiger partial charge on any atom is 0.263 e. The summed E-state index contributed by atoms with van der Waals surface area (Å²) in [5, 5.41) is 12.6. The van der Waals surface area contributed by atoms with E-state index < -0.39 is 10.0 Å². The van der Waals surface area contributed by atoms with Crippen molar-refractivity contribution in [2.24, 2.45) is 0 Å². The molecule has 0 aliphatic rings. The van der Waals surface area contributed by atoms with Crippen LogP contribution in [0, 0.1) is 6.92 Å². The molecule has 0 radical (unpaired) electrons. The first kappa shape index (κ1) is 18.7. The van der Waals surface area contributed by atoms with Gasteiger partial charge >= 0.3 is 0 Å². The summed E-state index contributed by atoms with van der Waals surface area (Å²) in [5.74, 6) is 0. The minimum absolute atomic E-state index is 0.0366. The summed E-state index contributed by atoms with van der Waals surface area (Å²) in [7, 11) is -3.89. The van der Waals surface area contributed by atoms with E-state index in [2.05, 4.69) is 20.0 Å². The highest BCUT2D eigenvalue weighted by molar-refractivity contribution is 7.92. The molecular weight excluding hydrogens is 421 g/mol. The molecule has 4 rings (SSSR count). The third-order valence-electron chi connectivity index (χ3n) is 4.07. The fourth-order valence-corrected chi connectivity index (χ4v) is 4.55. The first-order chi connectivity index (χ1) is 13.3. The van der Waals surface area contributed by atoms with E-state index >= 15 is 0 Å². The maximum atomic E-state index is 12.8. The molecule has 7 nitrogen and oxygen atoms in total. The van der Waals surface area contributed by atoms with Crippen LogP contribution in [-0.4, -0.2) is 28.2 Å². The van der Waals surface area contributed by atoms with Crippen molar-refractivity contribution in [3.8, 4) is 11.3 Å². The fourth-order valence-electron chi connectivity index (χ4n) is 2.67. The smallest absolute Gasteiger partial charge is 0.263 e. The Labute approximate surface area is 171 Å². The fraction of sp³-hybridized carbons (Fsp3) is 0.0556. The molecule has 1 N–H and O–H groups in total. The Morgan fingerprint density at radius 1 is 1.04 bits per heavy atom. The largest absolute Gasteiger partial charge is 0.280 e. The number of hydrogen-bond donors (Lipinski definition) is 1. The third-order valence-corrected chi connectivity index (χ3v) is 6.33. The zero-order chi connectivity index (χ0) is 19.9. The second kappa shape index (κ2) is 7.05. The molecule has 0 atom stereocenters. The van der Waals surface area contributed by atoms with E-state index in [1.165, 1.54) is 18.5 Å². The number of sulfonamides is 1. The molecule has 0 amide bonds. The van der Waals surface area contributed by atoms with Gasteiger partial charge in [-0.15, -0.1) is 10.2 Å². The molecule has 10 heteroatoms. The van der Waals surface area contributed by atoms with Crippen LogP contribution in [0.4, 0.5) is 5.69 Å². The number of anilines is 1. The van der Waals surface area contributed by atoms with Gasteiger partial charge < -0.3 is 0 Å². The zero-order valence-corrected chi connectivity index (χ0v) is 16.8. The Morgan fingerprint density at radius 3 is 2.68 bits per heavy atom. The molecule has 4 aromatic rings. The van der Waals surface area contributed by atoms with Crippen molar-refractivity contribution in [2.45, 2.75) is 11.8 Å². The monoisotopic (exact) mass is 433 g/mol. The second-order valence-electron chi connectivity index (χ2n) is 6.07. The predicted octanol–water partition coefficient (Wildman–Crippen LogP) is 4.21. The van der Waals surface area contributed by atoms with E-state index in [4.69, 9.17) is 23.2 Å². The highest BCUT2D eigenvalue weighted by Gasteiger charge is 2.20. The van der Waals surface area contributed by atoms with Gasteiger partial charge in [0.2, 0.25) is 0 Å². The zero-order valence-electron chi connectivity index (χ0n) is 14.5. The molecule has 0 fully saturated rings. The summed E-state index contributed by atoms with van der Waals surface area (Å²) in [4.78, 5) is -0.0366. The summed E-state index contributed by atoms with van der Waals surface area (Å²) < 4.78 is 29.7. The average molecular weight is 434 g/mol. The molecule has 0 saturated heterocycles. The van der Waals surface area contributed by atoms with Crippen molar-refractivity contribution in [1.82, 2.24) is 19.8 Å². The normalized spacial score (nSPS) is 11.7. The van der Waals surface area contributed by atoms with Crippen LogP contribution in [0.15, 0.2) is 59.8 Å². The van der Waals surface area contributed by atoms with Crippen molar-refractivity contribution in [3.05, 3.63) is 70.5 Å². The van der Waals surface area contributed by atoms with Gasteiger partial charge in [0.15, 0.2) is 5.65 Å². The van der Waals surface area contributed by atoms with Crippen LogP contribution in [0.25, 0.3) is 16.9 Å². The van der Waals surface area contributed by atoms with Gasteiger partial charge in [0.05, 0.1) is 10.7 Å². The van der Waals surface area contributed by atoms with Gasteiger partial charge in [-0.3, -0.25) is 4.72 Å². The highest BCUT2D eigenvalue weighted by Crippen LogP contribution is 2.30. The lowest BCUT2D eigenvalue weighted by Gasteiger charge is -2.12. The van der Waals surface area contributed by atoms with Crippen LogP contribution in [0.3, 0.4) is 0 Å². The van der Waals surface area contributed by atoms with Crippen LogP contribution in [0.5, 0.6) is 0 Å². The molecule has 0 unspecified atom stereocenters. The SMILES string of the molecule is Cc1cc(S(=O)(=O)Nc2cccc(-c3ccc4nncn4n3)c2)c(Cl)cc1Cl. The Bertz CT molecular complexity index is 1300. The lowest BCUT2D eigenvalue weighted by Crippen LogP contribution is -2.14. The van der Waals surface area contributed by atoms with Gasteiger partial charge in [-0.2, -0.15) is 9.61 Å². The van der Waals surface area contributed by atoms with E-state index in [1.54, 1.807) is 41.8 Å². The number of halogens is 2. The van der Waals surface area contributed by atoms with E-state index in [-0.39, 0.29) is 9.92 Å². The lowest BCUT2D eigenvalue weighted by molar-refractivity contribution is 0.601. The first-order valence-corrected chi connectivity index (χ1v) is 10.3. The quantitative estimate of drug-likeness (QED) is 0.520. The van der Waals surface area contributed by atoms with E-state index in [0.29, 0.717) is 27.6 Å².